The molecule has 2 N–H and O–H groups in total. The zero-order valence-corrected chi connectivity index (χ0v) is 13.0. The van der Waals surface area contributed by atoms with Gasteiger partial charge in [-0.25, -0.2) is 4.39 Å². The number of carbonyl (C=O) groups is 2. The lowest BCUT2D eigenvalue weighted by molar-refractivity contribution is -0.136. The SMILES string of the molecule is CC(C)CCSCC(=O)Nc1ccc(CC(=O)O)c(F)c1. The number of benzene rings is 1. The van der Waals surface area contributed by atoms with Crippen molar-refractivity contribution in [2.45, 2.75) is 26.7 Å². The lowest BCUT2D eigenvalue weighted by atomic mass is 10.1. The molecule has 0 fully saturated rings. The van der Waals surface area contributed by atoms with Crippen LogP contribution < -0.4 is 5.32 Å². The Kier molecular flexibility index (Phi) is 7.22. The summed E-state index contributed by atoms with van der Waals surface area (Å²) in [7, 11) is 0. The average molecular weight is 313 g/mol. The van der Waals surface area contributed by atoms with Gasteiger partial charge in [-0.05, 0) is 35.8 Å². The number of halogens is 1. The van der Waals surface area contributed by atoms with Gasteiger partial charge in [0.15, 0.2) is 0 Å². The summed E-state index contributed by atoms with van der Waals surface area (Å²) in [5, 5.41) is 11.2. The number of amides is 1. The number of thioether (sulfide) groups is 1. The van der Waals surface area contributed by atoms with Gasteiger partial charge in [-0.3, -0.25) is 9.59 Å². The van der Waals surface area contributed by atoms with Crippen molar-refractivity contribution in [3.05, 3.63) is 29.6 Å². The van der Waals surface area contributed by atoms with Gasteiger partial charge in [0.05, 0.1) is 12.2 Å². The van der Waals surface area contributed by atoms with Gasteiger partial charge in [0.2, 0.25) is 5.91 Å². The normalized spacial score (nSPS) is 10.7. The fourth-order valence-electron chi connectivity index (χ4n) is 1.61. The average Bonchev–Trinajstić information content (AvgIpc) is 2.37. The number of nitrogens with one attached hydrogen (secondary N) is 1. The molecule has 0 radical (unpaired) electrons. The second kappa shape index (κ2) is 8.67. The summed E-state index contributed by atoms with van der Waals surface area (Å²) in [5.41, 5.74) is 0.447. The molecular formula is C15H20FNO3S. The molecule has 1 aromatic rings. The molecule has 0 heterocycles. The van der Waals surface area contributed by atoms with Gasteiger partial charge in [-0.1, -0.05) is 19.9 Å². The topological polar surface area (TPSA) is 66.4 Å². The minimum Gasteiger partial charge on any atom is -0.481 e. The zero-order chi connectivity index (χ0) is 15.8. The largest absolute Gasteiger partial charge is 0.481 e. The van der Waals surface area contributed by atoms with Crippen molar-refractivity contribution in [1.82, 2.24) is 0 Å². The highest BCUT2D eigenvalue weighted by atomic mass is 32.2. The molecule has 6 heteroatoms. The lowest BCUT2D eigenvalue weighted by Gasteiger charge is -2.08. The second-order valence-corrected chi connectivity index (χ2v) is 6.27. The fourth-order valence-corrected chi connectivity index (χ4v) is 2.65. The van der Waals surface area contributed by atoms with E-state index in [1.54, 1.807) is 11.8 Å². The van der Waals surface area contributed by atoms with E-state index in [0.717, 1.165) is 18.2 Å². The van der Waals surface area contributed by atoms with Gasteiger partial charge in [0.1, 0.15) is 5.82 Å². The van der Waals surface area contributed by atoms with E-state index in [-0.39, 0.29) is 17.9 Å². The van der Waals surface area contributed by atoms with Crippen LogP contribution in [0.5, 0.6) is 0 Å². The Hall–Kier alpha value is -1.56. The van der Waals surface area contributed by atoms with Crippen LogP contribution in [0.1, 0.15) is 25.8 Å². The molecule has 0 aliphatic heterocycles. The number of anilines is 1. The highest BCUT2D eigenvalue weighted by molar-refractivity contribution is 7.99. The number of aliphatic carboxylic acids is 1. The zero-order valence-electron chi connectivity index (χ0n) is 12.2. The smallest absolute Gasteiger partial charge is 0.307 e. The third-order valence-electron chi connectivity index (χ3n) is 2.75. The van der Waals surface area contributed by atoms with Crippen molar-refractivity contribution in [2.24, 2.45) is 5.92 Å². The summed E-state index contributed by atoms with van der Waals surface area (Å²) in [6.45, 7) is 4.25. The first-order chi connectivity index (χ1) is 9.88. The quantitative estimate of drug-likeness (QED) is 0.723. The first-order valence-corrected chi connectivity index (χ1v) is 7.91. The molecule has 0 aliphatic rings. The molecule has 4 nitrogen and oxygen atoms in total. The van der Waals surface area contributed by atoms with Crippen LogP contribution in [-0.4, -0.2) is 28.5 Å². The Bertz CT molecular complexity index is 506. The van der Waals surface area contributed by atoms with Crippen LogP contribution in [0.2, 0.25) is 0 Å². The summed E-state index contributed by atoms with van der Waals surface area (Å²) in [6.07, 6.45) is 0.682. The highest BCUT2D eigenvalue weighted by Crippen LogP contribution is 2.16. The fraction of sp³-hybridized carbons (Fsp3) is 0.467. The molecule has 0 saturated carbocycles. The Labute approximate surface area is 128 Å². The number of hydrogen-bond acceptors (Lipinski definition) is 3. The molecule has 0 saturated heterocycles. The molecular weight excluding hydrogens is 293 g/mol. The van der Waals surface area contributed by atoms with Crippen LogP contribution in [0.15, 0.2) is 18.2 Å². The number of hydrogen-bond donors (Lipinski definition) is 2. The van der Waals surface area contributed by atoms with Gasteiger partial charge >= 0.3 is 5.97 Å². The van der Waals surface area contributed by atoms with E-state index in [9.17, 15) is 14.0 Å². The second-order valence-electron chi connectivity index (χ2n) is 5.16. The van der Waals surface area contributed by atoms with Gasteiger partial charge in [0, 0.05) is 5.69 Å². The number of rotatable bonds is 8. The van der Waals surface area contributed by atoms with Crippen molar-refractivity contribution in [2.75, 3.05) is 16.8 Å². The van der Waals surface area contributed by atoms with E-state index < -0.39 is 11.8 Å². The first kappa shape index (κ1) is 17.5. The summed E-state index contributed by atoms with van der Waals surface area (Å²) in [5.74, 6) is -0.0529. The number of carboxylic acids is 1. The number of carbonyl (C=O) groups excluding carboxylic acids is 1. The van der Waals surface area contributed by atoms with Crippen LogP contribution >= 0.6 is 11.8 Å². The highest BCUT2D eigenvalue weighted by Gasteiger charge is 2.09. The van der Waals surface area contributed by atoms with Crippen LogP contribution in [0.25, 0.3) is 0 Å². The molecule has 0 spiro atoms. The van der Waals surface area contributed by atoms with Crippen molar-refractivity contribution in [3.8, 4) is 0 Å². The minimum absolute atomic E-state index is 0.104. The van der Waals surface area contributed by atoms with E-state index >= 15 is 0 Å². The molecule has 0 atom stereocenters. The molecule has 0 aromatic heterocycles. The van der Waals surface area contributed by atoms with E-state index in [2.05, 4.69) is 19.2 Å². The molecule has 1 rings (SSSR count). The first-order valence-electron chi connectivity index (χ1n) is 6.76. The lowest BCUT2D eigenvalue weighted by Crippen LogP contribution is -2.15. The molecule has 0 aliphatic carbocycles. The van der Waals surface area contributed by atoms with Crippen molar-refractivity contribution >= 4 is 29.3 Å². The van der Waals surface area contributed by atoms with Gasteiger partial charge < -0.3 is 10.4 Å². The predicted molar refractivity (Wildman–Crippen MR) is 83.1 cm³/mol. The van der Waals surface area contributed by atoms with E-state index in [0.29, 0.717) is 17.4 Å². The van der Waals surface area contributed by atoms with Gasteiger partial charge in [0.25, 0.3) is 0 Å². The predicted octanol–water partition coefficient (Wildman–Crippen LogP) is 3.17. The third-order valence-corrected chi connectivity index (χ3v) is 3.74. The summed E-state index contributed by atoms with van der Waals surface area (Å²) in [6, 6.07) is 4.04. The van der Waals surface area contributed by atoms with Gasteiger partial charge in [-0.15, -0.1) is 0 Å². The van der Waals surface area contributed by atoms with E-state index in [1.807, 2.05) is 0 Å². The van der Waals surface area contributed by atoms with Crippen LogP contribution in [0.4, 0.5) is 10.1 Å². The maximum Gasteiger partial charge on any atom is 0.307 e. The Balaban J connectivity index is 2.45. The standard InChI is InChI=1S/C15H20FNO3S/c1-10(2)5-6-21-9-14(18)17-12-4-3-11(7-15(19)20)13(16)8-12/h3-4,8,10H,5-7,9H2,1-2H3,(H,17,18)(H,19,20). The monoisotopic (exact) mass is 313 g/mol. The van der Waals surface area contributed by atoms with Gasteiger partial charge in [-0.2, -0.15) is 11.8 Å². The molecule has 21 heavy (non-hydrogen) atoms. The minimum atomic E-state index is -1.09. The molecule has 116 valence electrons. The Morgan fingerprint density at radius 3 is 2.67 bits per heavy atom. The summed E-state index contributed by atoms with van der Waals surface area (Å²) < 4.78 is 13.6. The molecule has 1 amide bonds. The molecule has 0 unspecified atom stereocenters. The summed E-state index contributed by atoms with van der Waals surface area (Å²) >= 11 is 1.54. The van der Waals surface area contributed by atoms with E-state index in [1.165, 1.54) is 12.1 Å². The third kappa shape index (κ3) is 7.13. The Morgan fingerprint density at radius 2 is 2.10 bits per heavy atom. The summed E-state index contributed by atoms with van der Waals surface area (Å²) in [4.78, 5) is 22.2. The maximum atomic E-state index is 13.6. The number of carboxylic acid groups (broad SMARTS) is 1. The van der Waals surface area contributed by atoms with Crippen molar-refractivity contribution in [1.29, 1.82) is 0 Å². The van der Waals surface area contributed by atoms with Crippen LogP contribution in [0, 0.1) is 11.7 Å². The molecule has 1 aromatic carbocycles. The molecule has 0 bridgehead atoms. The van der Waals surface area contributed by atoms with Crippen LogP contribution in [-0.2, 0) is 16.0 Å². The maximum absolute atomic E-state index is 13.6. The van der Waals surface area contributed by atoms with Crippen molar-refractivity contribution < 1.29 is 19.1 Å². The van der Waals surface area contributed by atoms with E-state index in [4.69, 9.17) is 5.11 Å². The van der Waals surface area contributed by atoms with Crippen LogP contribution in [0.3, 0.4) is 0 Å². The van der Waals surface area contributed by atoms with Crippen molar-refractivity contribution in [3.63, 3.8) is 0 Å². The Morgan fingerprint density at radius 1 is 1.38 bits per heavy atom.